The highest BCUT2D eigenvalue weighted by Gasteiger charge is 2.15. The minimum absolute atomic E-state index is 0.267. The van der Waals surface area contributed by atoms with Crippen molar-refractivity contribution in [2.75, 3.05) is 11.1 Å². The lowest BCUT2D eigenvalue weighted by Crippen LogP contribution is -2.15. The van der Waals surface area contributed by atoms with E-state index in [9.17, 15) is 13.6 Å². The number of amides is 1. The summed E-state index contributed by atoms with van der Waals surface area (Å²) in [5.74, 6) is -2.50. The summed E-state index contributed by atoms with van der Waals surface area (Å²) in [5.41, 5.74) is 7.29. The Kier molecular flexibility index (Phi) is 3.70. The molecule has 2 aromatic carbocycles. The van der Waals surface area contributed by atoms with E-state index >= 15 is 0 Å². The van der Waals surface area contributed by atoms with E-state index < -0.39 is 17.5 Å². The number of aryl methyl sites for hydroxylation is 2. The van der Waals surface area contributed by atoms with Crippen molar-refractivity contribution in [2.45, 2.75) is 13.8 Å². The third-order valence-corrected chi connectivity index (χ3v) is 2.81. The Morgan fingerprint density at radius 1 is 1.00 bits per heavy atom. The number of hydrogen-bond acceptors (Lipinski definition) is 2. The quantitative estimate of drug-likeness (QED) is 0.826. The Hall–Kier alpha value is -2.43. The Morgan fingerprint density at radius 2 is 1.60 bits per heavy atom. The standard InChI is InChI=1S/C15H14F2N2O/c1-8-3-9(2)5-10(4-8)19-15(20)11-6-14(18)13(17)7-12(11)16/h3-7H,18H2,1-2H3,(H,19,20). The van der Waals surface area contributed by atoms with Crippen LogP contribution in [0.3, 0.4) is 0 Å². The molecule has 0 aliphatic carbocycles. The number of nitrogens with two attached hydrogens (primary N) is 1. The maximum absolute atomic E-state index is 13.6. The molecule has 20 heavy (non-hydrogen) atoms. The molecule has 0 aliphatic rings. The van der Waals surface area contributed by atoms with Crippen molar-refractivity contribution in [3.05, 3.63) is 58.7 Å². The van der Waals surface area contributed by atoms with Gasteiger partial charge in [-0.15, -0.1) is 0 Å². The van der Waals surface area contributed by atoms with E-state index in [2.05, 4.69) is 5.32 Å². The van der Waals surface area contributed by atoms with Gasteiger partial charge in [-0.1, -0.05) is 6.07 Å². The largest absolute Gasteiger partial charge is 0.396 e. The normalized spacial score (nSPS) is 10.4. The maximum Gasteiger partial charge on any atom is 0.258 e. The summed E-state index contributed by atoms with van der Waals surface area (Å²) in [6, 6.07) is 7.06. The number of carbonyl (C=O) groups is 1. The number of rotatable bonds is 2. The first-order valence-electron chi connectivity index (χ1n) is 6.01. The molecule has 0 atom stereocenters. The van der Waals surface area contributed by atoms with Crippen LogP contribution in [0.5, 0.6) is 0 Å². The number of nitrogens with one attached hydrogen (secondary N) is 1. The average Bonchev–Trinajstić information content (AvgIpc) is 2.32. The first kappa shape index (κ1) is 14.0. The second kappa shape index (κ2) is 5.28. The van der Waals surface area contributed by atoms with Gasteiger partial charge in [0.2, 0.25) is 0 Å². The summed E-state index contributed by atoms with van der Waals surface area (Å²) in [4.78, 5) is 12.0. The molecule has 0 aromatic heterocycles. The highest BCUT2D eigenvalue weighted by Crippen LogP contribution is 2.19. The van der Waals surface area contributed by atoms with Crippen molar-refractivity contribution in [1.29, 1.82) is 0 Å². The first-order chi connectivity index (χ1) is 9.36. The van der Waals surface area contributed by atoms with Crippen molar-refractivity contribution >= 4 is 17.3 Å². The van der Waals surface area contributed by atoms with Gasteiger partial charge in [0.15, 0.2) is 0 Å². The van der Waals surface area contributed by atoms with Gasteiger partial charge in [0.05, 0.1) is 11.3 Å². The Bertz CT molecular complexity index is 664. The highest BCUT2D eigenvalue weighted by molar-refractivity contribution is 6.05. The molecule has 3 N–H and O–H groups in total. The predicted molar refractivity (Wildman–Crippen MR) is 74.6 cm³/mol. The van der Waals surface area contributed by atoms with Crippen LogP contribution in [0.1, 0.15) is 21.5 Å². The van der Waals surface area contributed by atoms with E-state index in [0.717, 1.165) is 17.2 Å². The van der Waals surface area contributed by atoms with Gasteiger partial charge in [-0.3, -0.25) is 4.79 Å². The van der Waals surface area contributed by atoms with E-state index in [1.165, 1.54) is 0 Å². The highest BCUT2D eigenvalue weighted by atomic mass is 19.1. The zero-order valence-electron chi connectivity index (χ0n) is 11.1. The molecule has 2 aromatic rings. The lowest BCUT2D eigenvalue weighted by molar-refractivity contribution is 0.102. The van der Waals surface area contributed by atoms with E-state index in [0.29, 0.717) is 11.8 Å². The van der Waals surface area contributed by atoms with Gasteiger partial charge in [-0.2, -0.15) is 0 Å². The van der Waals surface area contributed by atoms with E-state index in [-0.39, 0.29) is 11.3 Å². The molecular weight excluding hydrogens is 262 g/mol. The van der Waals surface area contributed by atoms with Crippen LogP contribution in [0.4, 0.5) is 20.2 Å². The van der Waals surface area contributed by atoms with E-state index in [1.807, 2.05) is 19.9 Å². The average molecular weight is 276 g/mol. The van der Waals surface area contributed by atoms with Crippen LogP contribution in [-0.2, 0) is 0 Å². The lowest BCUT2D eigenvalue weighted by atomic mass is 10.1. The van der Waals surface area contributed by atoms with Gasteiger partial charge in [-0.05, 0) is 43.2 Å². The molecule has 0 saturated heterocycles. The Balaban J connectivity index is 2.30. The molecule has 1 amide bonds. The molecule has 104 valence electrons. The van der Waals surface area contributed by atoms with Crippen LogP contribution < -0.4 is 11.1 Å². The van der Waals surface area contributed by atoms with E-state index in [4.69, 9.17) is 5.73 Å². The van der Waals surface area contributed by atoms with Gasteiger partial charge >= 0.3 is 0 Å². The number of nitrogen functional groups attached to an aromatic ring is 1. The summed E-state index contributed by atoms with van der Waals surface area (Å²) in [5, 5.41) is 2.57. The predicted octanol–water partition coefficient (Wildman–Crippen LogP) is 3.42. The Labute approximate surface area is 115 Å². The maximum atomic E-state index is 13.6. The van der Waals surface area contributed by atoms with Crippen molar-refractivity contribution in [3.8, 4) is 0 Å². The third-order valence-electron chi connectivity index (χ3n) is 2.81. The summed E-state index contributed by atoms with van der Waals surface area (Å²) in [6.07, 6.45) is 0. The minimum atomic E-state index is -0.946. The number of halogens is 2. The molecule has 0 fully saturated rings. The van der Waals surface area contributed by atoms with Crippen molar-refractivity contribution in [2.24, 2.45) is 0 Å². The van der Waals surface area contributed by atoms with Gasteiger partial charge in [-0.25, -0.2) is 8.78 Å². The molecule has 2 rings (SSSR count). The van der Waals surface area contributed by atoms with Gasteiger partial charge in [0.1, 0.15) is 11.6 Å². The van der Waals surface area contributed by atoms with Gasteiger partial charge < -0.3 is 11.1 Å². The molecule has 3 nitrogen and oxygen atoms in total. The van der Waals surface area contributed by atoms with Crippen LogP contribution in [-0.4, -0.2) is 5.91 Å². The number of carbonyl (C=O) groups excluding carboxylic acids is 1. The van der Waals surface area contributed by atoms with Crippen molar-refractivity contribution in [1.82, 2.24) is 0 Å². The van der Waals surface area contributed by atoms with Crippen molar-refractivity contribution in [3.63, 3.8) is 0 Å². The fraction of sp³-hybridized carbons (Fsp3) is 0.133. The van der Waals surface area contributed by atoms with Crippen LogP contribution >= 0.6 is 0 Å². The number of anilines is 2. The number of hydrogen-bond donors (Lipinski definition) is 2. The van der Waals surface area contributed by atoms with Crippen LogP contribution in [0.25, 0.3) is 0 Å². The topological polar surface area (TPSA) is 55.1 Å². The van der Waals surface area contributed by atoms with Crippen LogP contribution in [0, 0.1) is 25.5 Å². The molecule has 0 spiro atoms. The van der Waals surface area contributed by atoms with Crippen molar-refractivity contribution < 1.29 is 13.6 Å². The second-order valence-corrected chi connectivity index (χ2v) is 4.68. The molecule has 0 aliphatic heterocycles. The second-order valence-electron chi connectivity index (χ2n) is 4.68. The minimum Gasteiger partial charge on any atom is -0.396 e. The molecular formula is C15H14F2N2O. The molecule has 0 unspecified atom stereocenters. The molecule has 0 saturated carbocycles. The summed E-state index contributed by atoms with van der Waals surface area (Å²) < 4.78 is 26.6. The smallest absolute Gasteiger partial charge is 0.258 e. The van der Waals surface area contributed by atoms with Gasteiger partial charge in [0, 0.05) is 11.8 Å². The third kappa shape index (κ3) is 2.93. The van der Waals surface area contributed by atoms with E-state index in [1.54, 1.807) is 12.1 Å². The monoisotopic (exact) mass is 276 g/mol. The lowest BCUT2D eigenvalue weighted by Gasteiger charge is -2.09. The zero-order valence-corrected chi connectivity index (χ0v) is 11.1. The summed E-state index contributed by atoms with van der Waals surface area (Å²) in [6.45, 7) is 3.78. The van der Waals surface area contributed by atoms with Gasteiger partial charge in [0.25, 0.3) is 5.91 Å². The molecule has 0 heterocycles. The fourth-order valence-corrected chi connectivity index (χ4v) is 1.99. The van der Waals surface area contributed by atoms with Crippen LogP contribution in [0.15, 0.2) is 30.3 Å². The molecule has 0 radical (unpaired) electrons. The summed E-state index contributed by atoms with van der Waals surface area (Å²) in [7, 11) is 0. The van der Waals surface area contributed by atoms with Crippen LogP contribution in [0.2, 0.25) is 0 Å². The zero-order chi connectivity index (χ0) is 14.9. The number of benzene rings is 2. The fourth-order valence-electron chi connectivity index (χ4n) is 1.99. The first-order valence-corrected chi connectivity index (χ1v) is 6.01. The Morgan fingerprint density at radius 3 is 2.20 bits per heavy atom. The molecule has 5 heteroatoms. The summed E-state index contributed by atoms with van der Waals surface area (Å²) >= 11 is 0. The molecule has 0 bridgehead atoms. The SMILES string of the molecule is Cc1cc(C)cc(NC(=O)c2cc(N)c(F)cc2F)c1.